The Hall–Kier alpha value is -1.62. The van der Waals surface area contributed by atoms with Gasteiger partial charge in [0.1, 0.15) is 5.82 Å². The van der Waals surface area contributed by atoms with Crippen molar-refractivity contribution < 1.29 is 13.2 Å². The average molecular weight is 299 g/mol. The fourth-order valence-corrected chi connectivity index (χ4v) is 3.37. The van der Waals surface area contributed by atoms with Gasteiger partial charge in [0, 0.05) is 19.1 Å². The third kappa shape index (κ3) is 2.62. The highest BCUT2D eigenvalue weighted by Crippen LogP contribution is 2.33. The van der Waals surface area contributed by atoms with E-state index in [1.54, 1.807) is 0 Å². The molecule has 0 saturated heterocycles. The molecule has 1 aliphatic carbocycles. The number of aromatic nitrogens is 3. The van der Waals surface area contributed by atoms with E-state index in [1.165, 1.54) is 0 Å². The van der Waals surface area contributed by atoms with Crippen LogP contribution in [0.5, 0.6) is 0 Å². The first kappa shape index (κ1) is 14.3. The number of hydrogen-bond donors (Lipinski definition) is 0. The molecule has 1 aromatic heterocycles. The lowest BCUT2D eigenvalue weighted by Gasteiger charge is -2.39. The minimum atomic E-state index is -4.46. The molecule has 0 aromatic carbocycles. The summed E-state index contributed by atoms with van der Waals surface area (Å²) in [5.41, 5.74) is 0. The summed E-state index contributed by atoms with van der Waals surface area (Å²) in [6.45, 7) is 1.08. The van der Waals surface area contributed by atoms with Crippen molar-refractivity contribution >= 4 is 0 Å². The van der Waals surface area contributed by atoms with E-state index in [9.17, 15) is 18.4 Å². The molecular formula is C13H16F3N5. The molecule has 5 nitrogen and oxygen atoms in total. The minimum absolute atomic E-state index is 0.0321. The summed E-state index contributed by atoms with van der Waals surface area (Å²) in [6, 6.07) is 2.47. The number of alkyl halides is 3. The normalized spacial score (nSPS) is 27.1. The highest BCUT2D eigenvalue weighted by atomic mass is 19.4. The van der Waals surface area contributed by atoms with Crippen molar-refractivity contribution in [2.24, 2.45) is 5.92 Å². The number of hydrogen-bond acceptors (Lipinski definition) is 4. The van der Waals surface area contributed by atoms with E-state index < -0.39 is 12.0 Å². The average Bonchev–Trinajstić information content (AvgIpc) is 2.90. The Bertz CT molecular complexity index is 559. The molecule has 0 radical (unpaired) electrons. The van der Waals surface area contributed by atoms with Crippen molar-refractivity contribution in [1.82, 2.24) is 19.7 Å². The van der Waals surface area contributed by atoms with Gasteiger partial charge in [-0.25, -0.2) is 0 Å². The van der Waals surface area contributed by atoms with Crippen LogP contribution in [0.3, 0.4) is 0 Å². The molecule has 0 spiro atoms. The van der Waals surface area contributed by atoms with E-state index in [0.717, 1.165) is 30.3 Å². The first-order chi connectivity index (χ1) is 10.0. The summed E-state index contributed by atoms with van der Waals surface area (Å²) in [5, 5.41) is 16.2. The van der Waals surface area contributed by atoms with Crippen LogP contribution in [0.2, 0.25) is 0 Å². The second-order valence-electron chi connectivity index (χ2n) is 5.65. The van der Waals surface area contributed by atoms with Crippen molar-refractivity contribution in [1.29, 1.82) is 5.26 Å². The molecule has 2 unspecified atom stereocenters. The van der Waals surface area contributed by atoms with Gasteiger partial charge in [-0.1, -0.05) is 12.8 Å². The van der Waals surface area contributed by atoms with Crippen LogP contribution < -0.4 is 0 Å². The minimum Gasteiger partial charge on any atom is -0.305 e. The maximum Gasteiger partial charge on any atom is 0.451 e. The van der Waals surface area contributed by atoms with Crippen LogP contribution in [-0.2, 0) is 19.3 Å². The largest absolute Gasteiger partial charge is 0.451 e. The molecule has 8 heteroatoms. The maximum atomic E-state index is 12.8. The molecule has 1 aromatic rings. The van der Waals surface area contributed by atoms with Crippen LogP contribution in [0.25, 0.3) is 0 Å². The zero-order valence-corrected chi connectivity index (χ0v) is 11.5. The molecule has 114 valence electrons. The van der Waals surface area contributed by atoms with Crippen LogP contribution in [0.4, 0.5) is 13.2 Å². The highest BCUT2D eigenvalue weighted by molar-refractivity contribution is 5.04. The molecule has 0 bridgehead atoms. The monoisotopic (exact) mass is 299 g/mol. The second-order valence-corrected chi connectivity index (χ2v) is 5.65. The fraction of sp³-hybridized carbons (Fsp3) is 0.769. The highest BCUT2D eigenvalue weighted by Gasteiger charge is 2.40. The van der Waals surface area contributed by atoms with Crippen LogP contribution in [0, 0.1) is 17.2 Å². The van der Waals surface area contributed by atoms with Gasteiger partial charge in [0.2, 0.25) is 5.82 Å². The lowest BCUT2D eigenvalue weighted by Crippen LogP contribution is -2.46. The molecule has 1 aliphatic heterocycles. The number of nitrogens with zero attached hydrogens (tertiary/aromatic N) is 5. The van der Waals surface area contributed by atoms with Crippen molar-refractivity contribution in [2.45, 2.75) is 51.0 Å². The molecule has 1 fully saturated rings. The zero-order valence-electron chi connectivity index (χ0n) is 11.5. The summed E-state index contributed by atoms with van der Waals surface area (Å²) >= 11 is 0. The topological polar surface area (TPSA) is 57.7 Å². The molecule has 0 amide bonds. The molecule has 2 atom stereocenters. The third-order valence-corrected chi connectivity index (χ3v) is 4.40. The Labute approximate surface area is 120 Å². The van der Waals surface area contributed by atoms with Gasteiger partial charge < -0.3 is 4.57 Å². The standard InChI is InChI=1S/C13H16F3N5/c14-13(15,16)12-19-18-11-8-20(5-6-21(11)12)10-4-2-1-3-9(10)7-17/h9-10H,1-6,8H2. The van der Waals surface area contributed by atoms with Crippen LogP contribution in [-0.4, -0.2) is 32.3 Å². The third-order valence-electron chi connectivity index (χ3n) is 4.40. The van der Waals surface area contributed by atoms with Gasteiger partial charge in [0.15, 0.2) is 0 Å². The van der Waals surface area contributed by atoms with Crippen molar-refractivity contribution in [3.63, 3.8) is 0 Å². The predicted octanol–water partition coefficient (Wildman–Crippen LogP) is 2.19. The lowest BCUT2D eigenvalue weighted by molar-refractivity contribution is -0.148. The van der Waals surface area contributed by atoms with Gasteiger partial charge in [0.05, 0.1) is 18.5 Å². The lowest BCUT2D eigenvalue weighted by atomic mass is 9.84. The Morgan fingerprint density at radius 1 is 1.14 bits per heavy atom. The van der Waals surface area contributed by atoms with Crippen LogP contribution in [0.1, 0.15) is 37.3 Å². The van der Waals surface area contributed by atoms with Gasteiger partial charge in [-0.05, 0) is 12.8 Å². The molecule has 1 saturated carbocycles. The van der Waals surface area contributed by atoms with Gasteiger partial charge in [0.25, 0.3) is 0 Å². The molecule has 21 heavy (non-hydrogen) atoms. The summed E-state index contributed by atoms with van der Waals surface area (Å²) in [5.74, 6) is -0.608. The van der Waals surface area contributed by atoms with E-state index in [2.05, 4.69) is 21.2 Å². The van der Waals surface area contributed by atoms with E-state index in [-0.39, 0.29) is 18.5 Å². The molecule has 2 heterocycles. The summed E-state index contributed by atoms with van der Waals surface area (Å²) < 4.78 is 39.5. The number of fused-ring (bicyclic) bond motifs is 1. The Kier molecular flexibility index (Phi) is 3.61. The van der Waals surface area contributed by atoms with Gasteiger partial charge >= 0.3 is 6.18 Å². The zero-order chi connectivity index (χ0) is 15.0. The Balaban J connectivity index is 1.79. The molecule has 0 N–H and O–H groups in total. The van der Waals surface area contributed by atoms with Gasteiger partial charge in [-0.3, -0.25) is 4.90 Å². The van der Waals surface area contributed by atoms with Crippen LogP contribution in [0.15, 0.2) is 0 Å². The first-order valence-electron chi connectivity index (χ1n) is 7.13. The maximum absolute atomic E-state index is 12.8. The molecular weight excluding hydrogens is 283 g/mol. The summed E-state index contributed by atoms with van der Waals surface area (Å²) in [6.07, 6.45) is -0.541. The van der Waals surface area contributed by atoms with Crippen molar-refractivity contribution in [2.75, 3.05) is 6.54 Å². The Morgan fingerprint density at radius 3 is 2.62 bits per heavy atom. The summed E-state index contributed by atoms with van der Waals surface area (Å²) in [4.78, 5) is 2.09. The van der Waals surface area contributed by atoms with E-state index in [1.807, 2.05) is 0 Å². The quantitative estimate of drug-likeness (QED) is 0.797. The van der Waals surface area contributed by atoms with Crippen LogP contribution >= 0.6 is 0 Å². The SMILES string of the molecule is N#CC1CCCCC1N1CCn2c(nnc2C(F)(F)F)C1. The van der Waals surface area contributed by atoms with E-state index >= 15 is 0 Å². The van der Waals surface area contributed by atoms with Gasteiger partial charge in [-0.2, -0.15) is 18.4 Å². The van der Waals surface area contributed by atoms with Crippen molar-refractivity contribution in [3.05, 3.63) is 11.6 Å². The Morgan fingerprint density at radius 2 is 1.90 bits per heavy atom. The smallest absolute Gasteiger partial charge is 0.305 e. The molecule has 2 aliphatic rings. The van der Waals surface area contributed by atoms with E-state index in [0.29, 0.717) is 18.9 Å². The van der Waals surface area contributed by atoms with Crippen molar-refractivity contribution in [3.8, 4) is 6.07 Å². The number of rotatable bonds is 1. The first-order valence-corrected chi connectivity index (χ1v) is 7.13. The summed E-state index contributed by atoms with van der Waals surface area (Å²) in [7, 11) is 0. The second kappa shape index (κ2) is 5.30. The number of halogens is 3. The number of nitriles is 1. The molecule has 3 rings (SSSR count). The van der Waals surface area contributed by atoms with Gasteiger partial charge in [-0.15, -0.1) is 10.2 Å². The van der Waals surface area contributed by atoms with E-state index in [4.69, 9.17) is 0 Å². The predicted molar refractivity (Wildman–Crippen MR) is 66.8 cm³/mol. The fourth-order valence-electron chi connectivity index (χ4n) is 3.37.